The van der Waals surface area contributed by atoms with Crippen molar-refractivity contribution >= 4 is 28.7 Å². The largest absolute Gasteiger partial charge is 0.444 e. The maximum Gasteiger partial charge on any atom is 0.407 e. The molecule has 0 aromatic heterocycles. The summed E-state index contributed by atoms with van der Waals surface area (Å²) in [6.07, 6.45) is 3.65. The van der Waals surface area contributed by atoms with E-state index in [0.29, 0.717) is 12.5 Å². The van der Waals surface area contributed by atoms with Gasteiger partial charge in [-0.3, -0.25) is 0 Å². The summed E-state index contributed by atoms with van der Waals surface area (Å²) in [5.74, 6) is 1.42. The monoisotopic (exact) mass is 411 g/mol. The molecule has 0 aromatic carbocycles. The van der Waals surface area contributed by atoms with E-state index in [4.69, 9.17) is 9.47 Å². The molecule has 2 atom stereocenters. The van der Waals surface area contributed by atoms with Gasteiger partial charge in [-0.1, -0.05) is 48.8 Å². The summed E-state index contributed by atoms with van der Waals surface area (Å²) in [6.45, 7) is 11.1. The minimum atomic E-state index is -0.468. The van der Waals surface area contributed by atoms with Crippen molar-refractivity contribution in [3.8, 4) is 0 Å². The molecule has 0 aromatic rings. The number of halogens is 1. The van der Waals surface area contributed by atoms with Crippen LogP contribution in [-0.2, 0) is 9.47 Å². The van der Waals surface area contributed by atoms with Gasteiger partial charge in [-0.25, -0.2) is 4.79 Å². The van der Waals surface area contributed by atoms with Crippen LogP contribution in [0.3, 0.4) is 0 Å². The van der Waals surface area contributed by atoms with Crippen molar-refractivity contribution in [3.05, 3.63) is 0 Å². The third-order valence-electron chi connectivity index (χ3n) is 3.94. The van der Waals surface area contributed by atoms with Crippen LogP contribution in [0.25, 0.3) is 0 Å². The molecule has 124 valence electrons. The van der Waals surface area contributed by atoms with Gasteiger partial charge >= 0.3 is 6.09 Å². The summed E-state index contributed by atoms with van der Waals surface area (Å²) < 4.78 is 12.2. The summed E-state index contributed by atoms with van der Waals surface area (Å²) >= 11 is 2.31. The van der Waals surface area contributed by atoms with E-state index in [-0.39, 0.29) is 11.7 Å². The van der Waals surface area contributed by atoms with Crippen LogP contribution in [0, 0.1) is 11.8 Å². The van der Waals surface area contributed by atoms with E-state index in [1.54, 1.807) is 0 Å². The number of amides is 1. The fourth-order valence-electron chi connectivity index (χ4n) is 2.19. The highest BCUT2D eigenvalue weighted by atomic mass is 127. The lowest BCUT2D eigenvalue weighted by molar-refractivity contribution is -0.0425. The van der Waals surface area contributed by atoms with E-state index in [1.807, 2.05) is 27.7 Å². The zero-order chi connectivity index (χ0) is 16.1. The number of nitrogens with one attached hydrogen (secondary N) is 1. The Bertz CT molecular complexity index is 339. The standard InChI is InChI=1S/C16H30INO3/c1-12(13-7-6-8-13)9-20-16(5,10-17)11-18-14(19)21-15(2,3)4/h12-13H,6-11H2,1-5H3,(H,18,19). The van der Waals surface area contributed by atoms with Crippen LogP contribution in [0.15, 0.2) is 0 Å². The Kier molecular flexibility index (Phi) is 7.24. The number of ether oxygens (including phenoxy) is 2. The minimum absolute atomic E-state index is 0.338. The van der Waals surface area contributed by atoms with Gasteiger partial charge in [0.1, 0.15) is 5.60 Å². The first-order chi connectivity index (χ1) is 9.65. The van der Waals surface area contributed by atoms with Gasteiger partial charge in [0.2, 0.25) is 0 Å². The average molecular weight is 411 g/mol. The number of alkyl carbamates (subject to hydrolysis) is 1. The Morgan fingerprint density at radius 2 is 1.95 bits per heavy atom. The first kappa shape index (κ1) is 19.0. The number of rotatable bonds is 7. The molecule has 0 heterocycles. The molecule has 1 fully saturated rings. The van der Waals surface area contributed by atoms with E-state index >= 15 is 0 Å². The number of hydrogen-bond donors (Lipinski definition) is 1. The predicted molar refractivity (Wildman–Crippen MR) is 94.0 cm³/mol. The topological polar surface area (TPSA) is 47.6 Å². The number of hydrogen-bond acceptors (Lipinski definition) is 3. The van der Waals surface area contributed by atoms with Gasteiger partial charge in [0.15, 0.2) is 0 Å². The molecular weight excluding hydrogens is 381 g/mol. The highest BCUT2D eigenvalue weighted by Crippen LogP contribution is 2.34. The molecule has 1 amide bonds. The molecule has 4 nitrogen and oxygen atoms in total. The summed E-state index contributed by atoms with van der Waals surface area (Å²) in [5, 5.41) is 2.82. The van der Waals surface area contributed by atoms with Gasteiger partial charge in [-0.05, 0) is 39.5 Å². The lowest BCUT2D eigenvalue weighted by Crippen LogP contribution is -2.46. The normalized spacial score (nSPS) is 20.3. The molecule has 1 aliphatic carbocycles. The minimum Gasteiger partial charge on any atom is -0.444 e. The fourth-order valence-corrected chi connectivity index (χ4v) is 2.68. The summed E-state index contributed by atoms with van der Waals surface area (Å²) in [7, 11) is 0. The fraction of sp³-hybridized carbons (Fsp3) is 0.938. The van der Waals surface area contributed by atoms with Gasteiger partial charge in [0.05, 0.1) is 18.8 Å². The van der Waals surface area contributed by atoms with Crippen molar-refractivity contribution in [3.63, 3.8) is 0 Å². The van der Waals surface area contributed by atoms with Crippen molar-refractivity contribution in [2.45, 2.75) is 65.1 Å². The first-order valence-corrected chi connectivity index (χ1v) is 9.34. The van der Waals surface area contributed by atoms with Gasteiger partial charge in [0, 0.05) is 4.43 Å². The number of alkyl halides is 1. The highest BCUT2D eigenvalue weighted by Gasteiger charge is 2.29. The molecule has 0 bridgehead atoms. The molecule has 0 spiro atoms. The summed E-state index contributed by atoms with van der Waals surface area (Å²) in [5.41, 5.74) is -0.806. The quantitative estimate of drug-likeness (QED) is 0.506. The molecule has 1 N–H and O–H groups in total. The molecule has 2 unspecified atom stereocenters. The molecule has 0 aliphatic heterocycles. The second-order valence-corrected chi connectivity index (χ2v) is 8.18. The van der Waals surface area contributed by atoms with Crippen LogP contribution in [0.5, 0.6) is 0 Å². The van der Waals surface area contributed by atoms with Crippen LogP contribution in [-0.4, -0.2) is 34.9 Å². The molecule has 21 heavy (non-hydrogen) atoms. The van der Waals surface area contributed by atoms with E-state index < -0.39 is 5.60 Å². The van der Waals surface area contributed by atoms with Crippen molar-refractivity contribution in [1.82, 2.24) is 5.32 Å². The van der Waals surface area contributed by atoms with Gasteiger partial charge in [-0.15, -0.1) is 0 Å². The smallest absolute Gasteiger partial charge is 0.407 e. The van der Waals surface area contributed by atoms with Crippen molar-refractivity contribution in [2.75, 3.05) is 17.6 Å². The Labute approximate surface area is 142 Å². The SMILES string of the molecule is CC(COC(C)(CI)CNC(=O)OC(C)(C)C)C1CCC1. The lowest BCUT2D eigenvalue weighted by atomic mass is 9.77. The van der Waals surface area contributed by atoms with Crippen molar-refractivity contribution in [1.29, 1.82) is 0 Å². The lowest BCUT2D eigenvalue weighted by Gasteiger charge is -2.35. The Morgan fingerprint density at radius 1 is 1.33 bits per heavy atom. The van der Waals surface area contributed by atoms with Crippen LogP contribution in [0.1, 0.15) is 53.9 Å². The van der Waals surface area contributed by atoms with Crippen LogP contribution < -0.4 is 5.32 Å². The Morgan fingerprint density at radius 3 is 2.38 bits per heavy atom. The Hall–Kier alpha value is -0.0400. The van der Waals surface area contributed by atoms with Crippen LogP contribution in [0.4, 0.5) is 4.79 Å². The second kappa shape index (κ2) is 7.99. The summed E-state index contributed by atoms with van der Waals surface area (Å²) in [4.78, 5) is 11.7. The van der Waals surface area contributed by atoms with Crippen LogP contribution in [0.2, 0.25) is 0 Å². The maximum atomic E-state index is 11.7. The van der Waals surface area contributed by atoms with Crippen molar-refractivity contribution < 1.29 is 14.3 Å². The predicted octanol–water partition coefficient (Wildman–Crippen LogP) is 4.16. The second-order valence-electron chi connectivity index (χ2n) is 7.42. The third-order valence-corrected chi connectivity index (χ3v) is 5.55. The molecule has 0 radical (unpaired) electrons. The molecule has 0 saturated heterocycles. The molecular formula is C16H30INO3. The van der Waals surface area contributed by atoms with Crippen molar-refractivity contribution in [2.24, 2.45) is 11.8 Å². The summed E-state index contributed by atoms with van der Waals surface area (Å²) in [6, 6.07) is 0. The van der Waals surface area contributed by atoms with Gasteiger partial charge < -0.3 is 14.8 Å². The number of carbonyl (C=O) groups is 1. The van der Waals surface area contributed by atoms with E-state index in [0.717, 1.165) is 17.0 Å². The third kappa shape index (κ3) is 7.17. The zero-order valence-electron chi connectivity index (χ0n) is 14.0. The zero-order valence-corrected chi connectivity index (χ0v) is 16.2. The molecule has 1 saturated carbocycles. The van der Waals surface area contributed by atoms with Gasteiger partial charge in [0.25, 0.3) is 0 Å². The van der Waals surface area contributed by atoms with Crippen LogP contribution >= 0.6 is 22.6 Å². The van der Waals surface area contributed by atoms with E-state index in [2.05, 4.69) is 34.8 Å². The Balaban J connectivity index is 2.34. The van der Waals surface area contributed by atoms with E-state index in [9.17, 15) is 4.79 Å². The molecule has 5 heteroatoms. The highest BCUT2D eigenvalue weighted by molar-refractivity contribution is 14.1. The maximum absolute atomic E-state index is 11.7. The molecule has 1 aliphatic rings. The average Bonchev–Trinajstić information content (AvgIpc) is 2.30. The van der Waals surface area contributed by atoms with E-state index in [1.165, 1.54) is 19.3 Å². The number of carbonyl (C=O) groups excluding carboxylic acids is 1. The first-order valence-electron chi connectivity index (χ1n) is 7.82. The van der Waals surface area contributed by atoms with Gasteiger partial charge in [-0.2, -0.15) is 0 Å². The molecule has 1 rings (SSSR count).